The van der Waals surface area contributed by atoms with Crippen LogP contribution in [0.25, 0.3) is 11.4 Å². The van der Waals surface area contributed by atoms with Gasteiger partial charge in [0.05, 0.1) is 11.4 Å². The van der Waals surface area contributed by atoms with Gasteiger partial charge in [0.1, 0.15) is 11.4 Å². The Morgan fingerprint density at radius 2 is 1.87 bits per heavy atom. The van der Waals surface area contributed by atoms with Crippen LogP contribution in [0.15, 0.2) is 12.3 Å². The number of aromatic nitrogens is 4. The minimum absolute atomic E-state index is 0.400. The standard InChI is InChI=1S/C10H11ClN4/c1-6-7(2)13-10(11)9(12-6)8-4-5-15(3)14-8/h4-5H,1-3H3. The number of nitrogens with zero attached hydrogens (tertiary/aromatic N) is 4. The van der Waals surface area contributed by atoms with Crippen molar-refractivity contribution < 1.29 is 0 Å². The molecule has 0 bridgehead atoms. The van der Waals surface area contributed by atoms with Crippen LogP contribution in [0.3, 0.4) is 0 Å². The van der Waals surface area contributed by atoms with Gasteiger partial charge in [-0.05, 0) is 19.9 Å². The Morgan fingerprint density at radius 1 is 1.20 bits per heavy atom. The molecule has 0 unspecified atom stereocenters. The molecule has 0 saturated heterocycles. The summed E-state index contributed by atoms with van der Waals surface area (Å²) >= 11 is 6.02. The van der Waals surface area contributed by atoms with E-state index in [1.807, 2.05) is 33.2 Å². The van der Waals surface area contributed by atoms with Gasteiger partial charge in [-0.2, -0.15) is 5.10 Å². The van der Waals surface area contributed by atoms with Gasteiger partial charge in [-0.3, -0.25) is 4.68 Å². The highest BCUT2D eigenvalue weighted by Crippen LogP contribution is 2.23. The average molecular weight is 223 g/mol. The van der Waals surface area contributed by atoms with Crippen molar-refractivity contribution in [1.29, 1.82) is 0 Å². The first kappa shape index (κ1) is 10.1. The van der Waals surface area contributed by atoms with Gasteiger partial charge in [0.2, 0.25) is 0 Å². The molecule has 0 N–H and O–H groups in total. The molecular weight excluding hydrogens is 212 g/mol. The van der Waals surface area contributed by atoms with Crippen LogP contribution >= 0.6 is 11.6 Å². The van der Waals surface area contributed by atoms with E-state index in [1.54, 1.807) is 4.68 Å². The van der Waals surface area contributed by atoms with Crippen molar-refractivity contribution in [3.8, 4) is 11.4 Å². The first-order valence-electron chi connectivity index (χ1n) is 4.58. The minimum atomic E-state index is 0.400. The summed E-state index contributed by atoms with van der Waals surface area (Å²) in [6.45, 7) is 3.79. The van der Waals surface area contributed by atoms with Crippen molar-refractivity contribution in [2.75, 3.05) is 0 Å². The number of halogens is 1. The summed E-state index contributed by atoms with van der Waals surface area (Å²) in [6, 6.07) is 1.87. The summed E-state index contributed by atoms with van der Waals surface area (Å²) in [5.74, 6) is 0. The van der Waals surface area contributed by atoms with Crippen molar-refractivity contribution >= 4 is 11.6 Å². The zero-order valence-corrected chi connectivity index (χ0v) is 9.58. The van der Waals surface area contributed by atoms with Crippen molar-refractivity contribution in [3.05, 3.63) is 28.8 Å². The molecule has 0 aliphatic carbocycles. The quantitative estimate of drug-likeness (QED) is 0.743. The first-order chi connectivity index (χ1) is 7.08. The van der Waals surface area contributed by atoms with E-state index in [4.69, 9.17) is 11.6 Å². The van der Waals surface area contributed by atoms with Gasteiger partial charge in [-0.15, -0.1) is 0 Å². The van der Waals surface area contributed by atoms with E-state index in [0.717, 1.165) is 17.1 Å². The van der Waals surface area contributed by atoms with Gasteiger partial charge in [-0.1, -0.05) is 11.6 Å². The predicted octanol–water partition coefficient (Wildman–Crippen LogP) is 2.15. The summed E-state index contributed by atoms with van der Waals surface area (Å²) in [6.07, 6.45) is 1.85. The summed E-state index contributed by atoms with van der Waals surface area (Å²) in [4.78, 5) is 8.60. The molecule has 0 aromatic carbocycles. The Hall–Kier alpha value is -1.42. The fourth-order valence-corrected chi connectivity index (χ4v) is 1.55. The SMILES string of the molecule is Cc1nc(Cl)c(-c2ccn(C)n2)nc1C. The van der Waals surface area contributed by atoms with Crippen LogP contribution in [0.4, 0.5) is 0 Å². The van der Waals surface area contributed by atoms with Crippen molar-refractivity contribution in [1.82, 2.24) is 19.7 Å². The molecule has 0 aliphatic heterocycles. The zero-order chi connectivity index (χ0) is 11.0. The highest BCUT2D eigenvalue weighted by Gasteiger charge is 2.11. The topological polar surface area (TPSA) is 43.6 Å². The third kappa shape index (κ3) is 1.85. The van der Waals surface area contributed by atoms with Gasteiger partial charge in [0, 0.05) is 13.2 Å². The largest absolute Gasteiger partial charge is 0.275 e. The Bertz CT molecular complexity index is 504. The maximum absolute atomic E-state index is 6.02. The van der Waals surface area contributed by atoms with E-state index >= 15 is 0 Å². The van der Waals surface area contributed by atoms with E-state index in [1.165, 1.54) is 0 Å². The molecule has 0 aliphatic rings. The molecule has 4 nitrogen and oxygen atoms in total. The second kappa shape index (κ2) is 3.62. The lowest BCUT2D eigenvalue weighted by Crippen LogP contribution is -1.97. The maximum atomic E-state index is 6.02. The Kier molecular flexibility index (Phi) is 2.44. The van der Waals surface area contributed by atoms with Crippen molar-refractivity contribution in [2.45, 2.75) is 13.8 Å². The molecule has 2 aromatic rings. The lowest BCUT2D eigenvalue weighted by molar-refractivity contribution is 0.769. The smallest absolute Gasteiger partial charge is 0.157 e. The summed E-state index contributed by atoms with van der Waals surface area (Å²) in [7, 11) is 1.85. The normalized spacial score (nSPS) is 10.7. The van der Waals surface area contributed by atoms with Crippen LogP contribution in [0.2, 0.25) is 5.15 Å². The van der Waals surface area contributed by atoms with Crippen LogP contribution in [-0.4, -0.2) is 19.7 Å². The summed E-state index contributed by atoms with van der Waals surface area (Å²) < 4.78 is 1.71. The minimum Gasteiger partial charge on any atom is -0.275 e. The predicted molar refractivity (Wildman–Crippen MR) is 58.7 cm³/mol. The lowest BCUT2D eigenvalue weighted by Gasteiger charge is -2.03. The molecule has 0 atom stereocenters. The summed E-state index contributed by atoms with van der Waals surface area (Å²) in [5, 5.41) is 4.64. The molecule has 15 heavy (non-hydrogen) atoms. The van der Waals surface area contributed by atoms with Crippen LogP contribution in [-0.2, 0) is 7.05 Å². The van der Waals surface area contributed by atoms with Crippen molar-refractivity contribution in [2.24, 2.45) is 7.05 Å². The van der Waals surface area contributed by atoms with Gasteiger partial charge < -0.3 is 0 Å². The van der Waals surface area contributed by atoms with E-state index < -0.39 is 0 Å². The van der Waals surface area contributed by atoms with Crippen LogP contribution in [0.5, 0.6) is 0 Å². The fourth-order valence-electron chi connectivity index (χ4n) is 1.28. The Labute approximate surface area is 92.9 Å². The second-order valence-corrected chi connectivity index (χ2v) is 3.77. The highest BCUT2D eigenvalue weighted by molar-refractivity contribution is 6.31. The van der Waals surface area contributed by atoms with Crippen LogP contribution in [0.1, 0.15) is 11.4 Å². The highest BCUT2D eigenvalue weighted by atomic mass is 35.5. The molecule has 0 radical (unpaired) electrons. The zero-order valence-electron chi connectivity index (χ0n) is 8.82. The van der Waals surface area contributed by atoms with Crippen LogP contribution < -0.4 is 0 Å². The van der Waals surface area contributed by atoms with E-state index in [2.05, 4.69) is 15.1 Å². The van der Waals surface area contributed by atoms with Gasteiger partial charge >= 0.3 is 0 Å². The average Bonchev–Trinajstić information content (AvgIpc) is 2.58. The third-order valence-electron chi connectivity index (χ3n) is 2.22. The first-order valence-corrected chi connectivity index (χ1v) is 4.96. The Balaban J connectivity index is 2.58. The molecule has 0 amide bonds. The number of hydrogen-bond acceptors (Lipinski definition) is 3. The molecule has 0 saturated carbocycles. The molecule has 2 rings (SSSR count). The van der Waals surface area contributed by atoms with Crippen molar-refractivity contribution in [3.63, 3.8) is 0 Å². The molecule has 2 aromatic heterocycles. The fraction of sp³-hybridized carbons (Fsp3) is 0.300. The van der Waals surface area contributed by atoms with E-state index in [9.17, 15) is 0 Å². The lowest BCUT2D eigenvalue weighted by atomic mass is 10.3. The third-order valence-corrected chi connectivity index (χ3v) is 2.48. The van der Waals surface area contributed by atoms with Crippen LogP contribution in [0, 0.1) is 13.8 Å². The second-order valence-electron chi connectivity index (χ2n) is 3.41. The van der Waals surface area contributed by atoms with E-state index in [-0.39, 0.29) is 0 Å². The molecule has 5 heteroatoms. The number of rotatable bonds is 1. The number of aryl methyl sites for hydroxylation is 3. The molecule has 0 fully saturated rings. The van der Waals surface area contributed by atoms with Gasteiger partial charge in [0.15, 0.2) is 5.15 Å². The van der Waals surface area contributed by atoms with Gasteiger partial charge in [-0.25, -0.2) is 9.97 Å². The maximum Gasteiger partial charge on any atom is 0.157 e. The molecular formula is C10H11ClN4. The van der Waals surface area contributed by atoms with E-state index in [0.29, 0.717) is 10.8 Å². The molecule has 0 spiro atoms. The molecule has 2 heterocycles. The Morgan fingerprint density at radius 3 is 2.47 bits per heavy atom. The number of hydrogen-bond donors (Lipinski definition) is 0. The monoisotopic (exact) mass is 222 g/mol. The summed E-state index contributed by atoms with van der Waals surface area (Å²) in [5.41, 5.74) is 3.11. The molecule has 78 valence electrons. The van der Waals surface area contributed by atoms with Gasteiger partial charge in [0.25, 0.3) is 0 Å².